The molecule has 2 aromatic rings. The van der Waals surface area contributed by atoms with Crippen molar-refractivity contribution in [3.05, 3.63) is 50.4 Å². The SMILES string of the molecule is COc1cc(Br)c(Oc2ccc(CBr)cc2C)cc1Br. The maximum Gasteiger partial charge on any atom is 0.143 e. The highest BCUT2D eigenvalue weighted by Gasteiger charge is 2.10. The summed E-state index contributed by atoms with van der Waals surface area (Å²) in [5, 5.41) is 0.839. The molecule has 2 nitrogen and oxygen atoms in total. The number of methoxy groups -OCH3 is 1. The van der Waals surface area contributed by atoms with Crippen LogP contribution in [0.2, 0.25) is 0 Å². The van der Waals surface area contributed by atoms with Gasteiger partial charge in [-0.2, -0.15) is 0 Å². The first-order valence-corrected chi connectivity index (χ1v) is 8.62. The van der Waals surface area contributed by atoms with E-state index in [0.29, 0.717) is 0 Å². The van der Waals surface area contributed by atoms with Crippen molar-refractivity contribution in [1.29, 1.82) is 0 Å². The van der Waals surface area contributed by atoms with Crippen LogP contribution in [0.15, 0.2) is 39.3 Å². The molecule has 0 saturated carbocycles. The lowest BCUT2D eigenvalue weighted by Gasteiger charge is -2.13. The van der Waals surface area contributed by atoms with E-state index in [1.54, 1.807) is 7.11 Å². The third-order valence-electron chi connectivity index (χ3n) is 2.82. The number of alkyl halides is 1. The predicted molar refractivity (Wildman–Crippen MR) is 92.3 cm³/mol. The minimum Gasteiger partial charge on any atom is -0.496 e. The zero-order valence-corrected chi connectivity index (χ0v) is 15.8. The van der Waals surface area contributed by atoms with Gasteiger partial charge < -0.3 is 9.47 Å². The van der Waals surface area contributed by atoms with Gasteiger partial charge in [-0.3, -0.25) is 0 Å². The van der Waals surface area contributed by atoms with Crippen molar-refractivity contribution in [3.63, 3.8) is 0 Å². The van der Waals surface area contributed by atoms with Gasteiger partial charge in [0, 0.05) is 5.33 Å². The van der Waals surface area contributed by atoms with Crippen LogP contribution in [0, 0.1) is 6.92 Å². The van der Waals surface area contributed by atoms with E-state index >= 15 is 0 Å². The van der Waals surface area contributed by atoms with Crippen molar-refractivity contribution in [1.82, 2.24) is 0 Å². The minimum absolute atomic E-state index is 0.743. The molecular weight excluding hydrogens is 452 g/mol. The lowest BCUT2D eigenvalue weighted by atomic mass is 10.1. The van der Waals surface area contributed by atoms with Gasteiger partial charge in [0.25, 0.3) is 0 Å². The second-order valence-electron chi connectivity index (χ2n) is 4.25. The molecule has 0 heterocycles. The maximum absolute atomic E-state index is 5.97. The summed E-state index contributed by atoms with van der Waals surface area (Å²) in [4.78, 5) is 0. The number of aryl methyl sites for hydroxylation is 1. The van der Waals surface area contributed by atoms with Crippen LogP contribution >= 0.6 is 47.8 Å². The van der Waals surface area contributed by atoms with Gasteiger partial charge in [-0.15, -0.1) is 0 Å². The third-order valence-corrected chi connectivity index (χ3v) is 4.71. The van der Waals surface area contributed by atoms with Gasteiger partial charge in [-0.25, -0.2) is 0 Å². The number of ether oxygens (including phenoxy) is 2. The Morgan fingerprint density at radius 2 is 1.60 bits per heavy atom. The smallest absolute Gasteiger partial charge is 0.143 e. The lowest BCUT2D eigenvalue weighted by Crippen LogP contribution is -1.92. The summed E-state index contributed by atoms with van der Waals surface area (Å²) in [5.74, 6) is 2.34. The van der Waals surface area contributed by atoms with Gasteiger partial charge in [0.2, 0.25) is 0 Å². The molecule has 0 saturated heterocycles. The summed E-state index contributed by atoms with van der Waals surface area (Å²) in [7, 11) is 1.64. The van der Waals surface area contributed by atoms with E-state index < -0.39 is 0 Å². The molecule has 0 radical (unpaired) electrons. The van der Waals surface area contributed by atoms with Crippen LogP contribution in [-0.2, 0) is 5.33 Å². The summed E-state index contributed by atoms with van der Waals surface area (Å²) in [6.45, 7) is 2.04. The molecule has 0 unspecified atom stereocenters. The van der Waals surface area contributed by atoms with E-state index in [1.165, 1.54) is 5.56 Å². The van der Waals surface area contributed by atoms with Crippen molar-refractivity contribution in [2.24, 2.45) is 0 Å². The van der Waals surface area contributed by atoms with Crippen LogP contribution in [0.25, 0.3) is 0 Å². The zero-order valence-electron chi connectivity index (χ0n) is 11.0. The van der Waals surface area contributed by atoms with Gasteiger partial charge in [0.15, 0.2) is 0 Å². The molecule has 0 atom stereocenters. The van der Waals surface area contributed by atoms with Crippen LogP contribution < -0.4 is 9.47 Å². The number of benzene rings is 2. The molecule has 0 aliphatic carbocycles. The standard InChI is InChI=1S/C15H13Br3O2/c1-9-5-10(8-16)3-4-13(9)20-15-7-11(17)14(19-2)6-12(15)18/h3-7H,8H2,1-2H3. The average molecular weight is 465 g/mol. The minimum atomic E-state index is 0.743. The Kier molecular flexibility index (Phi) is 5.52. The van der Waals surface area contributed by atoms with Gasteiger partial charge in [-0.1, -0.05) is 28.1 Å². The molecular formula is C15H13Br3O2. The van der Waals surface area contributed by atoms with Crippen molar-refractivity contribution < 1.29 is 9.47 Å². The molecule has 106 valence electrons. The molecule has 0 spiro atoms. The number of rotatable bonds is 4. The number of halogens is 3. The number of hydrogen-bond donors (Lipinski definition) is 0. The third kappa shape index (κ3) is 3.57. The molecule has 20 heavy (non-hydrogen) atoms. The summed E-state index contributed by atoms with van der Waals surface area (Å²) in [6.07, 6.45) is 0. The highest BCUT2D eigenvalue weighted by atomic mass is 79.9. The van der Waals surface area contributed by atoms with Crippen LogP contribution in [0.4, 0.5) is 0 Å². The molecule has 0 aromatic heterocycles. The summed E-state index contributed by atoms with van der Waals surface area (Å²) in [5.41, 5.74) is 2.32. The fourth-order valence-corrected chi connectivity index (χ4v) is 3.01. The molecule has 0 amide bonds. The van der Waals surface area contributed by atoms with Crippen LogP contribution in [0.3, 0.4) is 0 Å². The molecule has 2 rings (SSSR count). The molecule has 5 heteroatoms. The van der Waals surface area contributed by atoms with Gasteiger partial charge >= 0.3 is 0 Å². The fourth-order valence-electron chi connectivity index (χ4n) is 1.77. The van der Waals surface area contributed by atoms with E-state index in [4.69, 9.17) is 9.47 Å². The Morgan fingerprint density at radius 1 is 0.950 bits per heavy atom. The lowest BCUT2D eigenvalue weighted by molar-refractivity contribution is 0.409. The quantitative estimate of drug-likeness (QED) is 0.500. The van der Waals surface area contributed by atoms with E-state index in [0.717, 1.165) is 37.1 Å². The Balaban J connectivity index is 2.32. The summed E-state index contributed by atoms with van der Waals surface area (Å²) >= 11 is 10.4. The largest absolute Gasteiger partial charge is 0.496 e. The molecule has 0 N–H and O–H groups in total. The zero-order chi connectivity index (χ0) is 14.7. The van der Waals surface area contributed by atoms with Crippen LogP contribution in [-0.4, -0.2) is 7.11 Å². The monoisotopic (exact) mass is 462 g/mol. The molecule has 0 aliphatic rings. The van der Waals surface area contributed by atoms with Crippen molar-refractivity contribution in [3.8, 4) is 17.2 Å². The number of hydrogen-bond acceptors (Lipinski definition) is 2. The Hall–Kier alpha value is -0.520. The first-order chi connectivity index (χ1) is 9.55. The van der Waals surface area contributed by atoms with Crippen LogP contribution in [0.1, 0.15) is 11.1 Å². The maximum atomic E-state index is 5.97. The van der Waals surface area contributed by atoms with E-state index in [9.17, 15) is 0 Å². The van der Waals surface area contributed by atoms with E-state index in [-0.39, 0.29) is 0 Å². The summed E-state index contributed by atoms with van der Waals surface area (Å²) in [6, 6.07) is 9.90. The molecule has 2 aromatic carbocycles. The first kappa shape index (κ1) is 15.9. The molecule has 0 fully saturated rings. The van der Waals surface area contributed by atoms with E-state index in [2.05, 4.69) is 53.9 Å². The Morgan fingerprint density at radius 3 is 2.20 bits per heavy atom. The Bertz CT molecular complexity index is 627. The van der Waals surface area contributed by atoms with Crippen LogP contribution in [0.5, 0.6) is 17.2 Å². The second kappa shape index (κ2) is 6.96. The van der Waals surface area contributed by atoms with Gasteiger partial charge in [0.1, 0.15) is 17.2 Å². The van der Waals surface area contributed by atoms with Crippen molar-refractivity contribution >= 4 is 47.8 Å². The van der Waals surface area contributed by atoms with Crippen molar-refractivity contribution in [2.75, 3.05) is 7.11 Å². The topological polar surface area (TPSA) is 18.5 Å². The normalized spacial score (nSPS) is 10.4. The second-order valence-corrected chi connectivity index (χ2v) is 6.52. The average Bonchev–Trinajstić information content (AvgIpc) is 2.44. The summed E-state index contributed by atoms with van der Waals surface area (Å²) < 4.78 is 12.9. The fraction of sp³-hybridized carbons (Fsp3) is 0.200. The molecule has 0 bridgehead atoms. The Labute approximate surface area is 143 Å². The predicted octanol–water partition coefficient (Wildman–Crippen LogP) is 6.22. The molecule has 0 aliphatic heterocycles. The van der Waals surface area contributed by atoms with Gasteiger partial charge in [-0.05, 0) is 68.1 Å². The highest BCUT2D eigenvalue weighted by Crippen LogP contribution is 2.38. The first-order valence-electron chi connectivity index (χ1n) is 5.91. The van der Waals surface area contributed by atoms with E-state index in [1.807, 2.05) is 31.2 Å². The highest BCUT2D eigenvalue weighted by molar-refractivity contribution is 9.11. The van der Waals surface area contributed by atoms with Crippen molar-refractivity contribution in [2.45, 2.75) is 12.3 Å². The van der Waals surface area contributed by atoms with Gasteiger partial charge in [0.05, 0.1) is 16.1 Å².